The summed E-state index contributed by atoms with van der Waals surface area (Å²) in [6, 6.07) is 7.28. The van der Waals surface area contributed by atoms with Crippen molar-refractivity contribution < 1.29 is 22.4 Å². The summed E-state index contributed by atoms with van der Waals surface area (Å²) in [6.45, 7) is 0. The molecule has 3 rings (SSSR count). The molecule has 1 atom stereocenters. The molecule has 0 bridgehead atoms. The Morgan fingerprint density at radius 2 is 2.17 bits per heavy atom. The van der Waals surface area contributed by atoms with E-state index in [9.17, 15) is 13.2 Å². The van der Waals surface area contributed by atoms with Crippen LogP contribution in [0.4, 0.5) is 0 Å². The zero-order valence-corrected chi connectivity index (χ0v) is 13.4. The van der Waals surface area contributed by atoms with E-state index in [2.05, 4.69) is 9.46 Å². The van der Waals surface area contributed by atoms with Crippen molar-refractivity contribution in [2.24, 2.45) is 0 Å². The zero-order chi connectivity index (χ0) is 16.4. The number of aryl methyl sites for hydroxylation is 1. The molecule has 2 aromatic rings. The second kappa shape index (κ2) is 6.17. The Kier molecular flexibility index (Phi) is 4.23. The van der Waals surface area contributed by atoms with Gasteiger partial charge in [0.05, 0.1) is 29.9 Å². The zero-order valence-electron chi connectivity index (χ0n) is 12.6. The van der Waals surface area contributed by atoms with Crippen molar-refractivity contribution >= 4 is 16.0 Å². The van der Waals surface area contributed by atoms with Crippen LogP contribution in [0.2, 0.25) is 0 Å². The molecule has 0 fully saturated rings. The maximum absolute atomic E-state index is 12.6. The van der Waals surface area contributed by atoms with Crippen molar-refractivity contribution in [3.63, 3.8) is 0 Å². The van der Waals surface area contributed by atoms with E-state index in [-0.39, 0.29) is 16.5 Å². The van der Waals surface area contributed by atoms with E-state index < -0.39 is 16.0 Å². The molecular weight excluding hydrogens is 318 g/mol. The van der Waals surface area contributed by atoms with Gasteiger partial charge in [0.2, 0.25) is 10.0 Å². The van der Waals surface area contributed by atoms with Crippen LogP contribution < -0.4 is 4.72 Å². The third kappa shape index (κ3) is 3.16. The predicted octanol–water partition coefficient (Wildman–Crippen LogP) is 2.42. The van der Waals surface area contributed by atoms with Gasteiger partial charge in [0, 0.05) is 12.0 Å². The lowest BCUT2D eigenvalue weighted by molar-refractivity contribution is 0.0600. The van der Waals surface area contributed by atoms with E-state index in [4.69, 9.17) is 4.42 Å². The molecule has 1 aromatic heterocycles. The Bertz CT molecular complexity index is 825. The molecule has 1 aliphatic carbocycles. The number of nitrogens with one attached hydrogen (secondary N) is 1. The van der Waals surface area contributed by atoms with Crippen LogP contribution in [0.1, 0.15) is 40.6 Å². The largest absolute Gasteiger partial charge is 0.469 e. The summed E-state index contributed by atoms with van der Waals surface area (Å²) in [7, 11) is -2.49. The molecule has 0 amide bonds. The van der Waals surface area contributed by atoms with Crippen LogP contribution in [0.3, 0.4) is 0 Å². The smallest absolute Gasteiger partial charge is 0.337 e. The lowest BCUT2D eigenvalue weighted by atomic mass is 9.94. The van der Waals surface area contributed by atoms with Gasteiger partial charge in [-0.25, -0.2) is 17.9 Å². The summed E-state index contributed by atoms with van der Waals surface area (Å²) in [6.07, 6.45) is 3.96. The molecule has 0 saturated heterocycles. The fraction of sp³-hybridized carbons (Fsp3) is 0.312. The minimum absolute atomic E-state index is 0.0380. The number of benzene rings is 1. The highest BCUT2D eigenvalue weighted by Crippen LogP contribution is 2.31. The fourth-order valence-corrected chi connectivity index (χ4v) is 4.07. The molecule has 23 heavy (non-hydrogen) atoms. The summed E-state index contributed by atoms with van der Waals surface area (Å²) in [5.41, 5.74) is 1.08. The van der Waals surface area contributed by atoms with Crippen molar-refractivity contribution in [1.82, 2.24) is 4.72 Å². The van der Waals surface area contributed by atoms with Gasteiger partial charge in [0.25, 0.3) is 0 Å². The highest BCUT2D eigenvalue weighted by atomic mass is 32.2. The van der Waals surface area contributed by atoms with Gasteiger partial charge in [0.15, 0.2) is 0 Å². The monoisotopic (exact) mass is 335 g/mol. The number of ether oxygens (including phenoxy) is 1. The number of rotatable bonds is 4. The Labute approximate surface area is 134 Å². The van der Waals surface area contributed by atoms with E-state index in [1.54, 1.807) is 12.3 Å². The maximum atomic E-state index is 12.6. The van der Waals surface area contributed by atoms with Gasteiger partial charge in [-0.15, -0.1) is 0 Å². The first-order chi connectivity index (χ1) is 11.0. The summed E-state index contributed by atoms with van der Waals surface area (Å²) in [4.78, 5) is 11.6. The number of fused-ring (bicyclic) bond motifs is 1. The van der Waals surface area contributed by atoms with Crippen LogP contribution in [-0.2, 0) is 21.2 Å². The first-order valence-electron chi connectivity index (χ1n) is 7.28. The van der Waals surface area contributed by atoms with Gasteiger partial charge >= 0.3 is 5.97 Å². The third-order valence-corrected chi connectivity index (χ3v) is 5.38. The Balaban J connectivity index is 1.87. The number of sulfonamides is 1. The van der Waals surface area contributed by atoms with Crippen LogP contribution in [-0.4, -0.2) is 21.5 Å². The van der Waals surface area contributed by atoms with E-state index in [1.165, 1.54) is 31.4 Å². The molecule has 0 spiro atoms. The van der Waals surface area contributed by atoms with Crippen molar-refractivity contribution in [3.05, 3.63) is 53.5 Å². The first-order valence-corrected chi connectivity index (χ1v) is 8.76. The number of carbonyl (C=O) groups excluding carboxylic acids is 1. The lowest BCUT2D eigenvalue weighted by Crippen LogP contribution is -2.30. The van der Waals surface area contributed by atoms with Gasteiger partial charge in [-0.3, -0.25) is 0 Å². The van der Waals surface area contributed by atoms with E-state index in [1.807, 2.05) is 0 Å². The van der Waals surface area contributed by atoms with Crippen molar-refractivity contribution in [1.29, 1.82) is 0 Å². The molecule has 6 nitrogen and oxygen atoms in total. The van der Waals surface area contributed by atoms with Gasteiger partial charge in [-0.1, -0.05) is 6.07 Å². The number of esters is 1. The highest BCUT2D eigenvalue weighted by molar-refractivity contribution is 7.89. The number of hydrogen-bond donors (Lipinski definition) is 1. The molecule has 0 aliphatic heterocycles. The topological polar surface area (TPSA) is 85.6 Å². The molecule has 0 radical (unpaired) electrons. The summed E-state index contributed by atoms with van der Waals surface area (Å²) in [5.74, 6) is 0.254. The summed E-state index contributed by atoms with van der Waals surface area (Å²) >= 11 is 0. The van der Waals surface area contributed by atoms with Crippen LogP contribution in [0.5, 0.6) is 0 Å². The second-order valence-corrected chi connectivity index (χ2v) is 7.10. The van der Waals surface area contributed by atoms with Gasteiger partial charge in [0.1, 0.15) is 5.76 Å². The van der Waals surface area contributed by atoms with Crippen LogP contribution in [0, 0.1) is 0 Å². The lowest BCUT2D eigenvalue weighted by Gasteiger charge is -2.22. The molecule has 1 aromatic carbocycles. The standard InChI is InChI=1S/C16H17NO5S/c1-21-16(18)11-4-2-5-12(10-11)23(19,20)17-14-6-3-7-15-13(14)8-9-22-15/h2,4-5,8-10,14,17H,3,6-7H2,1H3. The number of hydrogen-bond acceptors (Lipinski definition) is 5. The minimum atomic E-state index is -3.74. The summed E-state index contributed by atoms with van der Waals surface area (Å²) in [5, 5.41) is 0. The molecule has 1 aliphatic rings. The van der Waals surface area contributed by atoms with Crippen LogP contribution in [0.15, 0.2) is 45.9 Å². The summed E-state index contributed by atoms with van der Waals surface area (Å²) < 4.78 is 37.9. The number of methoxy groups -OCH3 is 1. The average Bonchev–Trinajstić information content (AvgIpc) is 3.04. The Morgan fingerprint density at radius 1 is 1.35 bits per heavy atom. The SMILES string of the molecule is COC(=O)c1cccc(S(=O)(=O)NC2CCCc3occc32)c1. The Hall–Kier alpha value is -2.12. The predicted molar refractivity (Wildman–Crippen MR) is 82.5 cm³/mol. The molecule has 1 N–H and O–H groups in total. The second-order valence-electron chi connectivity index (χ2n) is 5.38. The number of furan rings is 1. The quantitative estimate of drug-likeness (QED) is 0.867. The average molecular weight is 335 g/mol. The normalized spacial score (nSPS) is 17.5. The fourth-order valence-electron chi connectivity index (χ4n) is 2.77. The van der Waals surface area contributed by atoms with Gasteiger partial charge in [-0.05, 0) is 37.1 Å². The molecule has 1 heterocycles. The third-order valence-electron chi connectivity index (χ3n) is 3.91. The van der Waals surface area contributed by atoms with E-state index >= 15 is 0 Å². The molecule has 122 valence electrons. The van der Waals surface area contributed by atoms with Crippen LogP contribution >= 0.6 is 0 Å². The van der Waals surface area contributed by atoms with Crippen molar-refractivity contribution in [2.45, 2.75) is 30.2 Å². The Morgan fingerprint density at radius 3 is 2.96 bits per heavy atom. The highest BCUT2D eigenvalue weighted by Gasteiger charge is 2.27. The van der Waals surface area contributed by atoms with Crippen molar-refractivity contribution in [2.75, 3.05) is 7.11 Å². The molecule has 0 saturated carbocycles. The first kappa shape index (κ1) is 15.8. The van der Waals surface area contributed by atoms with Crippen LogP contribution in [0.25, 0.3) is 0 Å². The van der Waals surface area contributed by atoms with E-state index in [0.29, 0.717) is 6.42 Å². The molecule has 7 heteroatoms. The molecular formula is C16H17NO5S. The minimum Gasteiger partial charge on any atom is -0.469 e. The van der Waals surface area contributed by atoms with Gasteiger partial charge in [-0.2, -0.15) is 0 Å². The maximum Gasteiger partial charge on any atom is 0.337 e. The molecule has 1 unspecified atom stereocenters. The van der Waals surface area contributed by atoms with Gasteiger partial charge < -0.3 is 9.15 Å². The number of carbonyl (C=O) groups is 1. The van der Waals surface area contributed by atoms with E-state index in [0.717, 1.165) is 24.2 Å². The van der Waals surface area contributed by atoms with Crippen molar-refractivity contribution in [3.8, 4) is 0 Å².